The van der Waals surface area contributed by atoms with Crippen LogP contribution in [0.5, 0.6) is 5.75 Å². The first-order chi connectivity index (χ1) is 19.8. The van der Waals surface area contributed by atoms with Gasteiger partial charge in [-0.2, -0.15) is 13.2 Å². The van der Waals surface area contributed by atoms with Crippen LogP contribution in [0, 0.1) is 5.41 Å². The maximum atomic E-state index is 13.9. The largest absolute Gasteiger partial charge is 0.497 e. The highest BCUT2D eigenvalue weighted by molar-refractivity contribution is 6.00. The molecule has 2 aliphatic heterocycles. The normalized spacial score (nSPS) is 26.7. The SMILES string of the molecule is COc1ccc(CO[C@H](c2ccc(N3CC[C@]4(CC[C@@](O)(CN5C(=O)CCC5(C)C)CC4)C3=O)cc2)C(F)(F)F)cc1. The highest BCUT2D eigenvalue weighted by Crippen LogP contribution is 2.49. The Morgan fingerprint density at radius 3 is 2.12 bits per heavy atom. The molecule has 7 nitrogen and oxygen atoms in total. The van der Waals surface area contributed by atoms with Gasteiger partial charge in [0.05, 0.1) is 24.7 Å². The molecule has 0 unspecified atom stereocenters. The highest BCUT2D eigenvalue weighted by Gasteiger charge is 2.53. The van der Waals surface area contributed by atoms with Gasteiger partial charge in [0, 0.05) is 30.7 Å². The highest BCUT2D eigenvalue weighted by atomic mass is 19.4. The van der Waals surface area contributed by atoms with Crippen LogP contribution in [0.15, 0.2) is 48.5 Å². The van der Waals surface area contributed by atoms with Gasteiger partial charge in [-0.15, -0.1) is 0 Å². The van der Waals surface area contributed by atoms with Crippen molar-refractivity contribution in [3.8, 4) is 5.75 Å². The quantitative estimate of drug-likeness (QED) is 0.413. The summed E-state index contributed by atoms with van der Waals surface area (Å²) in [4.78, 5) is 29.5. The summed E-state index contributed by atoms with van der Waals surface area (Å²) in [7, 11) is 1.51. The van der Waals surface area contributed by atoms with Crippen LogP contribution >= 0.6 is 0 Å². The second-order valence-electron chi connectivity index (χ2n) is 12.7. The third-order valence-corrected chi connectivity index (χ3v) is 9.47. The van der Waals surface area contributed by atoms with Gasteiger partial charge in [-0.1, -0.05) is 24.3 Å². The van der Waals surface area contributed by atoms with Crippen LogP contribution in [0.1, 0.15) is 76.0 Å². The molecule has 2 aromatic carbocycles. The predicted molar refractivity (Wildman–Crippen MR) is 151 cm³/mol. The van der Waals surface area contributed by atoms with Crippen LogP contribution in [0.4, 0.5) is 18.9 Å². The Balaban J connectivity index is 1.22. The lowest BCUT2D eigenvalue weighted by atomic mass is 9.67. The Morgan fingerprint density at radius 1 is 0.929 bits per heavy atom. The van der Waals surface area contributed by atoms with E-state index in [1.807, 2.05) is 13.8 Å². The molecule has 3 aliphatic rings. The average Bonchev–Trinajstić information content (AvgIpc) is 3.40. The summed E-state index contributed by atoms with van der Waals surface area (Å²) in [5, 5.41) is 11.4. The number of methoxy groups -OCH3 is 1. The van der Waals surface area contributed by atoms with Crippen molar-refractivity contribution in [2.45, 2.75) is 88.8 Å². The molecule has 1 saturated carbocycles. The zero-order valence-electron chi connectivity index (χ0n) is 24.4. The van der Waals surface area contributed by atoms with Crippen molar-refractivity contribution < 1.29 is 37.3 Å². The smallest absolute Gasteiger partial charge is 0.418 e. The van der Waals surface area contributed by atoms with Crippen molar-refractivity contribution >= 4 is 17.5 Å². The lowest BCUT2D eigenvalue weighted by Crippen LogP contribution is -2.53. The fourth-order valence-electron chi connectivity index (χ4n) is 6.61. The minimum atomic E-state index is -4.62. The van der Waals surface area contributed by atoms with Gasteiger partial charge in [-0.25, -0.2) is 0 Å². The molecule has 5 rings (SSSR count). The molecule has 2 aromatic rings. The Bertz CT molecular complexity index is 1280. The number of β-amino-alcohol motifs (C(OH)–C–C–N with tert-alkyl or cyclic N) is 1. The molecule has 0 radical (unpaired) electrons. The fraction of sp³-hybridized carbons (Fsp3) is 0.562. The van der Waals surface area contributed by atoms with E-state index in [1.54, 1.807) is 46.2 Å². The number of alkyl halides is 3. The molecule has 3 fully saturated rings. The maximum absolute atomic E-state index is 13.9. The molecule has 1 N–H and O–H groups in total. The standard InChI is InChI=1S/C32H39F3N2O5/c1-29(2)13-12-26(38)37(29)21-31(40)16-14-30(15-17-31)18-19-36(28(30)39)24-8-6-23(7-9-24)27(32(33,34)35)42-20-22-4-10-25(41-3)11-5-22/h4-11,27,40H,12-21H2,1-3H3/t27-,30-,31+/m1/s1. The van der Waals surface area contributed by atoms with E-state index in [9.17, 15) is 27.9 Å². The summed E-state index contributed by atoms with van der Waals surface area (Å²) in [6, 6.07) is 12.5. The molecular weight excluding hydrogens is 549 g/mol. The molecule has 1 spiro atoms. The minimum Gasteiger partial charge on any atom is -0.497 e. The van der Waals surface area contributed by atoms with Crippen molar-refractivity contribution in [1.29, 1.82) is 0 Å². The first-order valence-electron chi connectivity index (χ1n) is 14.5. The monoisotopic (exact) mass is 588 g/mol. The number of rotatable bonds is 8. The number of carbonyl (C=O) groups is 2. The van der Waals surface area contributed by atoms with Crippen LogP contribution in [0.25, 0.3) is 0 Å². The Kier molecular flexibility index (Phi) is 8.08. The van der Waals surface area contributed by atoms with Crippen LogP contribution in [-0.2, 0) is 20.9 Å². The molecule has 0 aromatic heterocycles. The van der Waals surface area contributed by atoms with E-state index in [-0.39, 0.29) is 36.1 Å². The number of aliphatic hydroxyl groups is 1. The third-order valence-electron chi connectivity index (χ3n) is 9.47. The third kappa shape index (κ3) is 6.01. The van der Waals surface area contributed by atoms with Crippen molar-refractivity contribution in [3.63, 3.8) is 0 Å². The topological polar surface area (TPSA) is 79.3 Å². The summed E-state index contributed by atoms with van der Waals surface area (Å²) in [6.45, 7) is 4.54. The molecule has 2 saturated heterocycles. The van der Waals surface area contributed by atoms with Gasteiger partial charge in [0.15, 0.2) is 6.10 Å². The zero-order chi connectivity index (χ0) is 30.3. The summed E-state index contributed by atoms with van der Waals surface area (Å²) in [5.41, 5.74) is -0.836. The zero-order valence-corrected chi connectivity index (χ0v) is 24.4. The molecule has 0 bridgehead atoms. The second-order valence-corrected chi connectivity index (χ2v) is 12.7. The van der Waals surface area contributed by atoms with E-state index in [0.29, 0.717) is 62.1 Å². The fourth-order valence-corrected chi connectivity index (χ4v) is 6.61. The number of nitrogens with zero attached hydrogens (tertiary/aromatic N) is 2. The molecule has 2 heterocycles. The van der Waals surface area contributed by atoms with E-state index in [0.717, 1.165) is 6.42 Å². The molecule has 2 amide bonds. The molecule has 42 heavy (non-hydrogen) atoms. The van der Waals surface area contributed by atoms with Gasteiger partial charge in [-0.3, -0.25) is 9.59 Å². The van der Waals surface area contributed by atoms with Crippen LogP contribution < -0.4 is 9.64 Å². The molecular formula is C32H39F3N2O5. The first kappa shape index (κ1) is 30.4. The number of carbonyl (C=O) groups excluding carboxylic acids is 2. The van der Waals surface area contributed by atoms with Crippen LogP contribution in [0.3, 0.4) is 0 Å². The number of amides is 2. The van der Waals surface area contributed by atoms with E-state index in [4.69, 9.17) is 9.47 Å². The van der Waals surface area contributed by atoms with Crippen LogP contribution in [0.2, 0.25) is 0 Å². The molecule has 1 atom stereocenters. The van der Waals surface area contributed by atoms with Crippen molar-refractivity contribution in [2.75, 3.05) is 25.1 Å². The number of likely N-dealkylation sites (tertiary alicyclic amines) is 1. The summed E-state index contributed by atoms with van der Waals surface area (Å²) in [6.07, 6.45) is -3.01. The Hall–Kier alpha value is -3.11. The first-order valence-corrected chi connectivity index (χ1v) is 14.5. The van der Waals surface area contributed by atoms with E-state index < -0.39 is 23.3 Å². The molecule has 1 aliphatic carbocycles. The van der Waals surface area contributed by atoms with Crippen molar-refractivity contribution in [1.82, 2.24) is 4.90 Å². The van der Waals surface area contributed by atoms with Gasteiger partial charge in [0.1, 0.15) is 5.75 Å². The number of ether oxygens (including phenoxy) is 2. The van der Waals surface area contributed by atoms with E-state index >= 15 is 0 Å². The predicted octanol–water partition coefficient (Wildman–Crippen LogP) is 5.94. The lowest BCUT2D eigenvalue weighted by molar-refractivity contribution is -0.227. The number of benzene rings is 2. The van der Waals surface area contributed by atoms with Crippen molar-refractivity contribution in [2.24, 2.45) is 5.41 Å². The number of halogens is 3. The van der Waals surface area contributed by atoms with Gasteiger partial charge in [-0.05, 0) is 87.8 Å². The van der Waals surface area contributed by atoms with E-state index in [2.05, 4.69) is 0 Å². The average molecular weight is 589 g/mol. The lowest BCUT2D eigenvalue weighted by Gasteiger charge is -2.44. The summed E-state index contributed by atoms with van der Waals surface area (Å²) < 4.78 is 52.2. The number of anilines is 1. The number of hydrogen-bond acceptors (Lipinski definition) is 5. The Labute approximate surface area is 244 Å². The summed E-state index contributed by atoms with van der Waals surface area (Å²) in [5.74, 6) is 0.601. The van der Waals surface area contributed by atoms with Crippen molar-refractivity contribution in [3.05, 3.63) is 59.7 Å². The van der Waals surface area contributed by atoms with E-state index in [1.165, 1.54) is 19.2 Å². The van der Waals surface area contributed by atoms with Crippen LogP contribution in [-0.4, -0.2) is 59.3 Å². The number of hydrogen-bond donors (Lipinski definition) is 1. The Morgan fingerprint density at radius 2 is 1.57 bits per heavy atom. The minimum absolute atomic E-state index is 0.0387. The summed E-state index contributed by atoms with van der Waals surface area (Å²) >= 11 is 0. The van der Waals surface area contributed by atoms with Gasteiger partial charge < -0.3 is 24.4 Å². The molecule has 228 valence electrons. The van der Waals surface area contributed by atoms with Gasteiger partial charge >= 0.3 is 6.18 Å². The maximum Gasteiger partial charge on any atom is 0.418 e. The second kappa shape index (κ2) is 11.2. The van der Waals surface area contributed by atoms with Gasteiger partial charge in [0.25, 0.3) is 0 Å². The van der Waals surface area contributed by atoms with Gasteiger partial charge in [0.2, 0.25) is 11.8 Å². The molecule has 10 heteroatoms.